The largest absolute Gasteiger partial charge is 0.491 e. The Labute approximate surface area is 103 Å². The molecule has 0 saturated heterocycles. The van der Waals surface area contributed by atoms with Crippen LogP contribution in [0, 0.1) is 0 Å². The lowest BCUT2D eigenvalue weighted by Gasteiger charge is -2.04. The van der Waals surface area contributed by atoms with Gasteiger partial charge in [0.05, 0.1) is 30.8 Å². The first-order chi connectivity index (χ1) is 8.22. The van der Waals surface area contributed by atoms with Crippen molar-refractivity contribution in [1.82, 2.24) is 20.0 Å². The second-order valence-electron chi connectivity index (χ2n) is 3.19. The van der Waals surface area contributed by atoms with E-state index in [2.05, 4.69) is 15.3 Å². The molecule has 0 unspecified atom stereocenters. The summed E-state index contributed by atoms with van der Waals surface area (Å²) in [6.07, 6.45) is 4.84. The van der Waals surface area contributed by atoms with Gasteiger partial charge in [-0.1, -0.05) is 12.2 Å². The van der Waals surface area contributed by atoms with Gasteiger partial charge in [0.25, 0.3) is 0 Å². The van der Waals surface area contributed by atoms with Crippen molar-refractivity contribution in [3.05, 3.63) is 30.2 Å². The molecule has 2 aromatic heterocycles. The van der Waals surface area contributed by atoms with Gasteiger partial charge in [0.2, 0.25) is 0 Å². The van der Waals surface area contributed by atoms with Crippen molar-refractivity contribution in [1.29, 1.82) is 0 Å². The number of hydrogen-bond donors (Lipinski definition) is 1. The molecule has 17 heavy (non-hydrogen) atoms. The molecular formula is C10H11N5OS. The maximum atomic E-state index is 5.61. The number of thiocarbonyl (C=S) groups is 1. The Morgan fingerprint density at radius 3 is 3.12 bits per heavy atom. The van der Waals surface area contributed by atoms with E-state index in [9.17, 15) is 0 Å². The normalized spacial score (nSPS) is 10.2. The van der Waals surface area contributed by atoms with Crippen molar-refractivity contribution in [2.45, 2.75) is 6.92 Å². The van der Waals surface area contributed by atoms with Gasteiger partial charge in [0.15, 0.2) is 11.6 Å². The van der Waals surface area contributed by atoms with Gasteiger partial charge in [-0.05, 0) is 13.0 Å². The monoisotopic (exact) mass is 249 g/mol. The van der Waals surface area contributed by atoms with E-state index >= 15 is 0 Å². The lowest BCUT2D eigenvalue weighted by atomic mass is 10.3. The summed E-state index contributed by atoms with van der Waals surface area (Å²) in [5.41, 5.74) is 6.23. The molecule has 88 valence electrons. The zero-order chi connectivity index (χ0) is 12.3. The lowest BCUT2D eigenvalue weighted by molar-refractivity contribution is 0.340. The highest BCUT2D eigenvalue weighted by atomic mass is 32.1. The summed E-state index contributed by atoms with van der Waals surface area (Å²) in [4.78, 5) is 0.253. The molecule has 0 aliphatic rings. The molecule has 0 bridgehead atoms. The molecule has 0 amide bonds. The van der Waals surface area contributed by atoms with E-state index in [1.807, 2.05) is 6.92 Å². The van der Waals surface area contributed by atoms with Crippen LogP contribution in [-0.4, -0.2) is 31.6 Å². The molecule has 6 nitrogen and oxygen atoms in total. The Morgan fingerprint density at radius 1 is 1.59 bits per heavy atom. The van der Waals surface area contributed by atoms with E-state index in [1.54, 1.807) is 18.5 Å². The molecule has 0 spiro atoms. The molecule has 0 aliphatic carbocycles. The summed E-state index contributed by atoms with van der Waals surface area (Å²) in [6.45, 7) is 2.48. The van der Waals surface area contributed by atoms with Crippen LogP contribution in [0.25, 0.3) is 5.82 Å². The zero-order valence-electron chi connectivity index (χ0n) is 9.20. The average Bonchev–Trinajstić information content (AvgIpc) is 2.78. The van der Waals surface area contributed by atoms with Gasteiger partial charge in [-0.25, -0.2) is 4.68 Å². The fourth-order valence-corrected chi connectivity index (χ4v) is 1.51. The maximum absolute atomic E-state index is 5.61. The second-order valence-corrected chi connectivity index (χ2v) is 3.63. The number of nitrogens with two attached hydrogens (primary N) is 1. The fraction of sp³-hybridized carbons (Fsp3) is 0.200. The predicted molar refractivity (Wildman–Crippen MR) is 66.2 cm³/mol. The van der Waals surface area contributed by atoms with Crippen LogP contribution in [0.1, 0.15) is 12.5 Å². The highest BCUT2D eigenvalue weighted by Gasteiger charge is 2.10. The van der Waals surface area contributed by atoms with Crippen LogP contribution in [0.5, 0.6) is 5.75 Å². The molecule has 0 saturated carbocycles. The Bertz CT molecular complexity index is 539. The van der Waals surface area contributed by atoms with Crippen LogP contribution in [0.3, 0.4) is 0 Å². The molecule has 2 heterocycles. The summed E-state index contributed by atoms with van der Waals surface area (Å²) >= 11 is 4.95. The average molecular weight is 249 g/mol. The molecular weight excluding hydrogens is 238 g/mol. The lowest BCUT2D eigenvalue weighted by Crippen LogP contribution is -2.15. The quantitative estimate of drug-likeness (QED) is 0.803. The van der Waals surface area contributed by atoms with Crippen molar-refractivity contribution in [3.8, 4) is 11.6 Å². The maximum Gasteiger partial charge on any atom is 0.186 e. The van der Waals surface area contributed by atoms with Gasteiger partial charge in [-0.2, -0.15) is 10.2 Å². The van der Waals surface area contributed by atoms with Crippen LogP contribution >= 0.6 is 12.2 Å². The van der Waals surface area contributed by atoms with Gasteiger partial charge in [-0.3, -0.25) is 0 Å². The Kier molecular flexibility index (Phi) is 3.29. The number of nitrogens with zero attached hydrogens (tertiary/aromatic N) is 4. The van der Waals surface area contributed by atoms with E-state index in [4.69, 9.17) is 22.7 Å². The first kappa shape index (κ1) is 11.5. The smallest absolute Gasteiger partial charge is 0.186 e. The highest BCUT2D eigenvalue weighted by molar-refractivity contribution is 7.80. The zero-order valence-corrected chi connectivity index (χ0v) is 10.0. The highest BCUT2D eigenvalue weighted by Crippen LogP contribution is 2.14. The standard InChI is InChI=1S/C10H11N5OS/c1-2-16-7-5-13-15(6-7)10-8(9(11)17)3-4-12-14-10/h3-6H,2H2,1H3,(H2,11,17). The Balaban J connectivity index is 2.41. The van der Waals surface area contributed by atoms with Gasteiger partial charge in [0.1, 0.15) is 4.99 Å². The van der Waals surface area contributed by atoms with Crippen LogP contribution in [-0.2, 0) is 0 Å². The molecule has 2 N–H and O–H groups in total. The molecule has 0 atom stereocenters. The second kappa shape index (κ2) is 4.88. The number of aromatic nitrogens is 4. The van der Waals surface area contributed by atoms with Crippen LogP contribution in [0.2, 0.25) is 0 Å². The molecule has 0 radical (unpaired) electrons. The molecule has 2 rings (SSSR count). The van der Waals surface area contributed by atoms with Gasteiger partial charge in [-0.15, -0.1) is 5.10 Å². The third-order valence-electron chi connectivity index (χ3n) is 2.05. The first-order valence-electron chi connectivity index (χ1n) is 5.01. The first-order valence-corrected chi connectivity index (χ1v) is 5.42. The van der Waals surface area contributed by atoms with Crippen molar-refractivity contribution in [3.63, 3.8) is 0 Å². The summed E-state index contributed by atoms with van der Waals surface area (Å²) in [5.74, 6) is 1.15. The fourth-order valence-electron chi connectivity index (χ4n) is 1.35. The summed E-state index contributed by atoms with van der Waals surface area (Å²) in [5, 5.41) is 11.9. The van der Waals surface area contributed by atoms with E-state index in [0.717, 1.165) is 0 Å². The van der Waals surface area contributed by atoms with Gasteiger partial charge < -0.3 is 10.5 Å². The SMILES string of the molecule is CCOc1cnn(-c2nnccc2C(N)=S)c1. The molecule has 0 aromatic carbocycles. The Morgan fingerprint density at radius 2 is 2.41 bits per heavy atom. The molecule has 7 heteroatoms. The van der Waals surface area contributed by atoms with Crippen LogP contribution < -0.4 is 10.5 Å². The molecule has 0 fully saturated rings. The third kappa shape index (κ3) is 2.39. The predicted octanol–water partition coefficient (Wildman–Crippen LogP) is 0.695. The van der Waals surface area contributed by atoms with Crippen LogP contribution in [0.15, 0.2) is 24.7 Å². The van der Waals surface area contributed by atoms with E-state index in [0.29, 0.717) is 23.7 Å². The van der Waals surface area contributed by atoms with Crippen molar-refractivity contribution < 1.29 is 4.74 Å². The van der Waals surface area contributed by atoms with E-state index in [1.165, 1.54) is 10.9 Å². The third-order valence-corrected chi connectivity index (χ3v) is 2.27. The topological polar surface area (TPSA) is 78.8 Å². The Hall–Kier alpha value is -2.02. The summed E-state index contributed by atoms with van der Waals surface area (Å²) in [6, 6.07) is 1.70. The minimum Gasteiger partial charge on any atom is -0.491 e. The minimum atomic E-state index is 0.253. The summed E-state index contributed by atoms with van der Waals surface area (Å²) < 4.78 is 6.85. The van der Waals surface area contributed by atoms with Gasteiger partial charge >= 0.3 is 0 Å². The van der Waals surface area contributed by atoms with E-state index in [-0.39, 0.29) is 4.99 Å². The minimum absolute atomic E-state index is 0.253. The van der Waals surface area contributed by atoms with Crippen molar-refractivity contribution in [2.75, 3.05) is 6.61 Å². The van der Waals surface area contributed by atoms with Crippen molar-refractivity contribution in [2.24, 2.45) is 5.73 Å². The molecule has 2 aromatic rings. The number of hydrogen-bond acceptors (Lipinski definition) is 5. The number of rotatable bonds is 4. The van der Waals surface area contributed by atoms with Crippen LogP contribution in [0.4, 0.5) is 0 Å². The van der Waals surface area contributed by atoms with Gasteiger partial charge in [0, 0.05) is 0 Å². The summed E-state index contributed by atoms with van der Waals surface area (Å²) in [7, 11) is 0. The van der Waals surface area contributed by atoms with E-state index < -0.39 is 0 Å². The number of ether oxygens (including phenoxy) is 1. The molecule has 0 aliphatic heterocycles. The van der Waals surface area contributed by atoms with Crippen molar-refractivity contribution >= 4 is 17.2 Å².